The van der Waals surface area contributed by atoms with Crippen LogP contribution in [0.2, 0.25) is 0 Å². The number of amides is 2. The van der Waals surface area contributed by atoms with E-state index in [1.807, 2.05) is 36.4 Å². The maximum atomic E-state index is 12.9. The topological polar surface area (TPSA) is 96.7 Å². The van der Waals surface area contributed by atoms with E-state index in [1.165, 1.54) is 0 Å². The molecule has 0 saturated carbocycles. The van der Waals surface area contributed by atoms with Gasteiger partial charge in [-0.05, 0) is 48.4 Å². The minimum absolute atomic E-state index is 0.0809. The van der Waals surface area contributed by atoms with Gasteiger partial charge in [0.15, 0.2) is 0 Å². The third kappa shape index (κ3) is 5.65. The Labute approximate surface area is 182 Å². The second kappa shape index (κ2) is 10.3. The molecule has 0 bridgehead atoms. The van der Waals surface area contributed by atoms with Crippen LogP contribution in [0.15, 0.2) is 54.9 Å². The summed E-state index contributed by atoms with van der Waals surface area (Å²) >= 11 is 0. The maximum Gasteiger partial charge on any atom is 0.254 e. The highest BCUT2D eigenvalue weighted by Gasteiger charge is 2.29. The molecule has 0 aliphatic carbocycles. The highest BCUT2D eigenvalue weighted by Crippen LogP contribution is 2.26. The van der Waals surface area contributed by atoms with Gasteiger partial charge in [0.25, 0.3) is 5.91 Å². The highest BCUT2D eigenvalue weighted by atomic mass is 16.5. The van der Waals surface area contributed by atoms with Crippen molar-refractivity contribution in [1.29, 1.82) is 0 Å². The number of nitrogens with two attached hydrogens (primary N) is 1. The van der Waals surface area contributed by atoms with E-state index in [1.54, 1.807) is 18.1 Å². The molecule has 7 heteroatoms. The van der Waals surface area contributed by atoms with Crippen LogP contribution in [0.5, 0.6) is 5.75 Å². The molecule has 1 aliphatic heterocycles. The van der Waals surface area contributed by atoms with E-state index in [4.69, 9.17) is 10.5 Å². The third-order valence-corrected chi connectivity index (χ3v) is 4.96. The first-order chi connectivity index (χ1) is 15.0. The molecule has 1 heterocycles. The van der Waals surface area contributed by atoms with E-state index in [-0.39, 0.29) is 5.91 Å². The van der Waals surface area contributed by atoms with Crippen LogP contribution in [0.3, 0.4) is 0 Å². The predicted molar refractivity (Wildman–Crippen MR) is 119 cm³/mol. The van der Waals surface area contributed by atoms with Gasteiger partial charge in [-0.2, -0.15) is 0 Å². The fourth-order valence-corrected chi connectivity index (χ4v) is 3.38. The first-order valence-corrected chi connectivity index (χ1v) is 9.96. The number of ether oxygens (including phenoxy) is 1. The van der Waals surface area contributed by atoms with Gasteiger partial charge in [0.2, 0.25) is 6.41 Å². The fourth-order valence-electron chi connectivity index (χ4n) is 3.38. The first-order valence-electron chi connectivity index (χ1n) is 9.96. The smallest absolute Gasteiger partial charge is 0.254 e. The Morgan fingerprint density at radius 3 is 2.77 bits per heavy atom. The zero-order chi connectivity index (χ0) is 22.2. The second-order valence-electron chi connectivity index (χ2n) is 7.15. The largest absolute Gasteiger partial charge is 0.497 e. The number of nitrogens with one attached hydrogen (secondary N) is 2. The van der Waals surface area contributed by atoms with E-state index < -0.39 is 6.04 Å². The zero-order valence-corrected chi connectivity index (χ0v) is 17.5. The van der Waals surface area contributed by atoms with Crippen molar-refractivity contribution in [3.63, 3.8) is 0 Å². The van der Waals surface area contributed by atoms with E-state index in [0.29, 0.717) is 43.2 Å². The van der Waals surface area contributed by atoms with Crippen LogP contribution in [0.25, 0.3) is 0 Å². The Morgan fingerprint density at radius 2 is 2.10 bits per heavy atom. The number of rotatable bonds is 9. The molecule has 0 unspecified atom stereocenters. The predicted octanol–water partition coefficient (Wildman–Crippen LogP) is 1.38. The normalized spacial score (nSPS) is 13.0. The van der Waals surface area contributed by atoms with Crippen molar-refractivity contribution in [1.82, 2.24) is 15.5 Å². The number of nitrogens with zero attached hydrogens (tertiary/aromatic N) is 1. The van der Waals surface area contributed by atoms with Gasteiger partial charge >= 0.3 is 0 Å². The van der Waals surface area contributed by atoms with Crippen molar-refractivity contribution in [3.8, 4) is 17.6 Å². The lowest BCUT2D eigenvalue weighted by Gasteiger charge is -2.22. The van der Waals surface area contributed by atoms with Crippen molar-refractivity contribution in [2.75, 3.05) is 20.2 Å². The van der Waals surface area contributed by atoms with Gasteiger partial charge in [-0.15, -0.1) is 0 Å². The molecule has 7 nitrogen and oxygen atoms in total. The quantitative estimate of drug-likeness (QED) is 0.422. The van der Waals surface area contributed by atoms with Crippen molar-refractivity contribution in [3.05, 3.63) is 77.1 Å². The summed E-state index contributed by atoms with van der Waals surface area (Å²) in [7, 11) is 1.57. The molecular formula is C24H26N4O3. The molecule has 4 N–H and O–H groups in total. The highest BCUT2D eigenvalue weighted by molar-refractivity contribution is 5.98. The van der Waals surface area contributed by atoms with Crippen LogP contribution in [-0.2, 0) is 17.8 Å². The van der Waals surface area contributed by atoms with E-state index >= 15 is 0 Å². The number of hydrogen-bond donors (Lipinski definition) is 3. The first kappa shape index (κ1) is 21.9. The molecule has 0 radical (unpaired) electrons. The molecule has 1 aliphatic rings. The van der Waals surface area contributed by atoms with Crippen molar-refractivity contribution >= 4 is 12.3 Å². The molecule has 160 valence electrons. The van der Waals surface area contributed by atoms with Gasteiger partial charge in [-0.3, -0.25) is 9.59 Å². The van der Waals surface area contributed by atoms with Crippen LogP contribution in [-0.4, -0.2) is 43.5 Å². The molecule has 0 spiro atoms. The molecule has 2 amide bonds. The molecule has 3 rings (SSSR count). The second-order valence-corrected chi connectivity index (χ2v) is 7.15. The average molecular weight is 418 g/mol. The van der Waals surface area contributed by atoms with Crippen LogP contribution < -0.4 is 21.1 Å². The van der Waals surface area contributed by atoms with Gasteiger partial charge in [-0.25, -0.2) is 0 Å². The Morgan fingerprint density at radius 1 is 1.32 bits per heavy atom. The van der Waals surface area contributed by atoms with Gasteiger partial charge in [0.05, 0.1) is 19.5 Å². The summed E-state index contributed by atoms with van der Waals surface area (Å²) in [6.07, 6.45) is 1.36. The Hall–Kier alpha value is -3.76. The summed E-state index contributed by atoms with van der Waals surface area (Å²) in [4.78, 5) is 25.3. The molecular weight excluding hydrogens is 392 g/mol. The summed E-state index contributed by atoms with van der Waals surface area (Å²) in [6, 6.07) is 12.9. The van der Waals surface area contributed by atoms with E-state index in [9.17, 15) is 9.59 Å². The molecule has 0 saturated heterocycles. The molecule has 2 aromatic carbocycles. The number of hydrogen-bond acceptors (Lipinski definition) is 5. The summed E-state index contributed by atoms with van der Waals surface area (Å²) in [6.45, 7) is 5.18. The number of benzene rings is 2. The van der Waals surface area contributed by atoms with Crippen LogP contribution >= 0.6 is 0 Å². The van der Waals surface area contributed by atoms with Gasteiger partial charge in [-0.1, -0.05) is 36.6 Å². The summed E-state index contributed by atoms with van der Waals surface area (Å²) in [5.74, 6) is 7.16. The minimum atomic E-state index is -0.427. The standard InChI is InChI=1S/C24H26N4O3/c1-17(26-16-29)27-21(9-7-18-3-5-19(6-4-18)11-12-25)15-28-14-20-8-10-22(31-2)13-23(20)24(28)30/h3-6,8,10,13,16,21,27H,1,11-12,14-15,25H2,2H3,(H,26,29)/t21-/m1/s1. The lowest BCUT2D eigenvalue weighted by Crippen LogP contribution is -2.42. The van der Waals surface area contributed by atoms with Crippen molar-refractivity contribution in [2.24, 2.45) is 5.73 Å². The Balaban J connectivity index is 1.76. The molecule has 1 atom stereocenters. The van der Waals surface area contributed by atoms with Gasteiger partial charge in [0.1, 0.15) is 11.8 Å². The van der Waals surface area contributed by atoms with Crippen molar-refractivity contribution < 1.29 is 14.3 Å². The zero-order valence-electron chi connectivity index (χ0n) is 17.5. The number of methoxy groups -OCH3 is 1. The number of carbonyl (C=O) groups is 2. The third-order valence-electron chi connectivity index (χ3n) is 4.96. The average Bonchev–Trinajstić information content (AvgIpc) is 3.08. The van der Waals surface area contributed by atoms with E-state index in [0.717, 1.165) is 23.1 Å². The summed E-state index contributed by atoms with van der Waals surface area (Å²) in [5, 5.41) is 5.55. The van der Waals surface area contributed by atoms with E-state index in [2.05, 4.69) is 29.1 Å². The van der Waals surface area contributed by atoms with Crippen molar-refractivity contribution in [2.45, 2.75) is 19.0 Å². The lowest BCUT2D eigenvalue weighted by molar-refractivity contribution is -0.109. The number of fused-ring (bicyclic) bond motifs is 1. The fraction of sp³-hybridized carbons (Fsp3) is 0.250. The SMILES string of the molecule is C=C(NC=O)N[C@H](C#Cc1ccc(CCN)cc1)CN1Cc2ccc(OC)cc2C1=O. The summed E-state index contributed by atoms with van der Waals surface area (Å²) < 4.78 is 5.23. The molecule has 31 heavy (non-hydrogen) atoms. The van der Waals surface area contributed by atoms with Gasteiger partial charge < -0.3 is 26.0 Å². The molecule has 0 aromatic heterocycles. The van der Waals surface area contributed by atoms with Crippen LogP contribution in [0.4, 0.5) is 0 Å². The maximum absolute atomic E-state index is 12.9. The summed E-state index contributed by atoms with van der Waals surface area (Å²) in [5.41, 5.74) is 9.17. The monoisotopic (exact) mass is 418 g/mol. The van der Waals surface area contributed by atoms with Crippen LogP contribution in [0, 0.1) is 11.8 Å². The van der Waals surface area contributed by atoms with Crippen LogP contribution in [0.1, 0.15) is 27.0 Å². The van der Waals surface area contributed by atoms with Gasteiger partial charge in [0, 0.05) is 17.7 Å². The number of carbonyl (C=O) groups excluding carboxylic acids is 2. The molecule has 2 aromatic rings. The lowest BCUT2D eigenvalue weighted by atomic mass is 10.1. The Bertz CT molecular complexity index is 1020. The molecule has 0 fully saturated rings. The minimum Gasteiger partial charge on any atom is -0.497 e. The Kier molecular flexibility index (Phi) is 7.31.